The lowest BCUT2D eigenvalue weighted by atomic mass is 10.1. The molecule has 0 aromatic heterocycles. The fourth-order valence-corrected chi connectivity index (χ4v) is 8.79. The average molecular weight is 1090 g/mol. The lowest BCUT2D eigenvalue weighted by Gasteiger charge is -2.18. The summed E-state index contributed by atoms with van der Waals surface area (Å²) in [7, 11) is 0. The lowest BCUT2D eigenvalue weighted by molar-refractivity contribution is -0.167. The van der Waals surface area contributed by atoms with Crippen molar-refractivity contribution in [3.63, 3.8) is 0 Å². The van der Waals surface area contributed by atoms with E-state index in [2.05, 4.69) is 154 Å². The minimum absolute atomic E-state index is 0.103. The fourth-order valence-electron chi connectivity index (χ4n) is 8.79. The molecular formula is C73H120O6. The summed E-state index contributed by atoms with van der Waals surface area (Å²) in [5.41, 5.74) is 0. The predicted octanol–water partition coefficient (Wildman–Crippen LogP) is 22.5. The molecule has 0 N–H and O–H groups in total. The van der Waals surface area contributed by atoms with Gasteiger partial charge >= 0.3 is 17.9 Å². The Bertz CT molecular complexity index is 1680. The molecular weight excluding hydrogens is 973 g/mol. The molecule has 0 aliphatic rings. The zero-order chi connectivity index (χ0) is 57.1. The minimum atomic E-state index is -0.807. The highest BCUT2D eigenvalue weighted by molar-refractivity contribution is 5.71. The van der Waals surface area contributed by atoms with E-state index >= 15 is 0 Å². The number of ether oxygens (including phenoxy) is 3. The normalized spacial score (nSPS) is 13.0. The molecule has 0 bridgehead atoms. The molecule has 6 heteroatoms. The smallest absolute Gasteiger partial charge is 0.306 e. The van der Waals surface area contributed by atoms with Crippen molar-refractivity contribution >= 4 is 17.9 Å². The van der Waals surface area contributed by atoms with Crippen LogP contribution in [0.1, 0.15) is 290 Å². The maximum atomic E-state index is 12.9. The Morgan fingerprint density at radius 1 is 0.266 bits per heavy atom. The first-order chi connectivity index (χ1) is 39.0. The molecule has 1 atom stereocenters. The molecule has 0 aromatic carbocycles. The molecule has 448 valence electrons. The van der Waals surface area contributed by atoms with E-state index in [4.69, 9.17) is 14.2 Å². The summed E-state index contributed by atoms with van der Waals surface area (Å²) in [6.45, 7) is 6.38. The van der Waals surface area contributed by atoms with Crippen molar-refractivity contribution in [1.82, 2.24) is 0 Å². The number of carbonyl (C=O) groups is 3. The van der Waals surface area contributed by atoms with E-state index in [1.54, 1.807) is 0 Å². The van der Waals surface area contributed by atoms with Crippen LogP contribution in [0.5, 0.6) is 0 Å². The molecule has 0 fully saturated rings. The summed E-state index contributed by atoms with van der Waals surface area (Å²) in [4.78, 5) is 38.4. The summed E-state index contributed by atoms with van der Waals surface area (Å²) in [6.07, 6.45) is 93.1. The summed E-state index contributed by atoms with van der Waals surface area (Å²) in [6, 6.07) is 0. The summed E-state index contributed by atoms with van der Waals surface area (Å²) in [5.74, 6) is -0.948. The van der Waals surface area contributed by atoms with E-state index < -0.39 is 6.10 Å². The van der Waals surface area contributed by atoms with E-state index in [9.17, 15) is 14.4 Å². The van der Waals surface area contributed by atoms with Crippen molar-refractivity contribution in [2.45, 2.75) is 297 Å². The highest BCUT2D eigenvalue weighted by atomic mass is 16.6. The predicted molar refractivity (Wildman–Crippen MR) is 343 cm³/mol. The Morgan fingerprint density at radius 2 is 0.494 bits per heavy atom. The van der Waals surface area contributed by atoms with Gasteiger partial charge < -0.3 is 14.2 Å². The van der Waals surface area contributed by atoms with Crippen molar-refractivity contribution in [1.29, 1.82) is 0 Å². The molecule has 0 saturated heterocycles. The third kappa shape index (κ3) is 64.3. The maximum absolute atomic E-state index is 12.9. The molecule has 0 aliphatic heterocycles. The van der Waals surface area contributed by atoms with E-state index in [0.717, 1.165) is 148 Å². The topological polar surface area (TPSA) is 78.9 Å². The van der Waals surface area contributed by atoms with E-state index in [-0.39, 0.29) is 31.1 Å². The van der Waals surface area contributed by atoms with Crippen LogP contribution >= 0.6 is 0 Å². The standard InChI is InChI=1S/C73H120O6/c1-4-7-10-13-16-19-22-25-28-31-33-35-36-38-39-42-45-48-51-54-57-60-63-66-72(75)78-69-70(68-77-71(74)65-62-59-56-53-50-47-44-41-30-27-24-21-18-15-12-9-6-3)79-73(76)67-64-61-58-55-52-49-46-43-40-37-34-32-29-26-23-20-17-14-11-8-5-2/h7,9-10,12,16,18-19,21,25,27-28,30,32-35,38-39,44-45,47-48,70H,4-6,8,11,13-15,17,20,22-24,26,29,31,36-37,40-43,46,49-69H2,1-3H3/b10-7-,12-9-,19-16-,21-18-,28-25-,30-27-,34-32-,35-33-,39-38-,47-44-,48-45-. The Hall–Kier alpha value is -4.45. The van der Waals surface area contributed by atoms with Gasteiger partial charge in [-0.3, -0.25) is 14.4 Å². The Morgan fingerprint density at radius 3 is 0.785 bits per heavy atom. The Balaban J connectivity index is 4.48. The number of unbranched alkanes of at least 4 members (excludes halogenated alkanes) is 25. The molecule has 0 rings (SSSR count). The summed E-state index contributed by atoms with van der Waals surface area (Å²) >= 11 is 0. The first-order valence-electron chi connectivity index (χ1n) is 32.7. The van der Waals surface area contributed by atoms with Gasteiger partial charge in [0.2, 0.25) is 0 Å². The molecule has 0 amide bonds. The number of hydrogen-bond donors (Lipinski definition) is 0. The quantitative estimate of drug-likeness (QED) is 0.0261. The van der Waals surface area contributed by atoms with Crippen molar-refractivity contribution < 1.29 is 28.6 Å². The van der Waals surface area contributed by atoms with E-state index in [1.165, 1.54) is 103 Å². The van der Waals surface area contributed by atoms with Crippen molar-refractivity contribution in [3.05, 3.63) is 134 Å². The number of rotatable bonds is 58. The van der Waals surface area contributed by atoms with Gasteiger partial charge in [-0.1, -0.05) is 270 Å². The number of esters is 3. The molecule has 0 aliphatic carbocycles. The second-order valence-corrected chi connectivity index (χ2v) is 21.3. The van der Waals surface area contributed by atoms with Crippen LogP contribution in [0.25, 0.3) is 0 Å². The number of allylic oxidation sites excluding steroid dienone is 22. The van der Waals surface area contributed by atoms with Crippen LogP contribution in [-0.4, -0.2) is 37.2 Å². The third-order valence-electron chi connectivity index (χ3n) is 13.6. The second kappa shape index (κ2) is 66.1. The molecule has 79 heavy (non-hydrogen) atoms. The van der Waals surface area contributed by atoms with Gasteiger partial charge in [0.05, 0.1) is 0 Å². The van der Waals surface area contributed by atoms with Gasteiger partial charge in [-0.15, -0.1) is 0 Å². The first-order valence-corrected chi connectivity index (χ1v) is 32.7. The Labute approximate surface area is 487 Å². The van der Waals surface area contributed by atoms with Gasteiger partial charge in [0.25, 0.3) is 0 Å². The number of carbonyl (C=O) groups excluding carboxylic acids is 3. The lowest BCUT2D eigenvalue weighted by Crippen LogP contribution is -2.30. The van der Waals surface area contributed by atoms with Crippen molar-refractivity contribution in [2.75, 3.05) is 13.2 Å². The van der Waals surface area contributed by atoms with Gasteiger partial charge in [0.15, 0.2) is 6.10 Å². The maximum Gasteiger partial charge on any atom is 0.306 e. The average Bonchev–Trinajstić information content (AvgIpc) is 3.45. The summed E-state index contributed by atoms with van der Waals surface area (Å²) in [5, 5.41) is 0. The fraction of sp³-hybridized carbons (Fsp3) is 0.658. The molecule has 6 nitrogen and oxygen atoms in total. The molecule has 0 spiro atoms. The van der Waals surface area contributed by atoms with Gasteiger partial charge in [-0.05, 0) is 135 Å². The molecule has 0 radical (unpaired) electrons. The van der Waals surface area contributed by atoms with Gasteiger partial charge in [-0.25, -0.2) is 0 Å². The summed E-state index contributed by atoms with van der Waals surface area (Å²) < 4.78 is 16.9. The molecule has 1 unspecified atom stereocenters. The SMILES string of the molecule is CC/C=C\C/C=C\C/C=C\C/C=C\C/C=C\C/C=C\CCCCCCC(=O)OCC(COC(=O)CCCCCC/C=C\C/C=C\C/C=C\C/C=C\CC)OC(=O)CCCCCCCCCCC/C=C\CCCCCCCCCC. The molecule has 0 heterocycles. The highest BCUT2D eigenvalue weighted by Gasteiger charge is 2.19. The van der Waals surface area contributed by atoms with Crippen LogP contribution in [0.3, 0.4) is 0 Å². The zero-order valence-electron chi connectivity index (χ0n) is 51.3. The highest BCUT2D eigenvalue weighted by Crippen LogP contribution is 2.15. The van der Waals surface area contributed by atoms with Crippen LogP contribution in [0, 0.1) is 0 Å². The van der Waals surface area contributed by atoms with Crippen LogP contribution in [0.15, 0.2) is 134 Å². The second-order valence-electron chi connectivity index (χ2n) is 21.3. The minimum Gasteiger partial charge on any atom is -0.462 e. The van der Waals surface area contributed by atoms with Gasteiger partial charge in [-0.2, -0.15) is 0 Å². The monoisotopic (exact) mass is 1090 g/mol. The zero-order valence-corrected chi connectivity index (χ0v) is 51.3. The number of hydrogen-bond acceptors (Lipinski definition) is 6. The first kappa shape index (κ1) is 74.5. The van der Waals surface area contributed by atoms with Crippen LogP contribution < -0.4 is 0 Å². The van der Waals surface area contributed by atoms with Crippen LogP contribution in [-0.2, 0) is 28.6 Å². The molecule has 0 aromatic rings. The van der Waals surface area contributed by atoms with Gasteiger partial charge in [0, 0.05) is 19.3 Å². The Kier molecular flexibility index (Phi) is 62.3. The van der Waals surface area contributed by atoms with E-state index in [1.807, 2.05) is 0 Å². The van der Waals surface area contributed by atoms with E-state index in [0.29, 0.717) is 19.3 Å². The van der Waals surface area contributed by atoms with Gasteiger partial charge in [0.1, 0.15) is 13.2 Å². The largest absolute Gasteiger partial charge is 0.462 e. The van der Waals surface area contributed by atoms with Crippen molar-refractivity contribution in [3.8, 4) is 0 Å². The van der Waals surface area contributed by atoms with Crippen molar-refractivity contribution in [2.24, 2.45) is 0 Å². The van der Waals surface area contributed by atoms with Crippen LogP contribution in [0.4, 0.5) is 0 Å². The van der Waals surface area contributed by atoms with Crippen LogP contribution in [0.2, 0.25) is 0 Å². The third-order valence-corrected chi connectivity index (χ3v) is 13.6. The molecule has 0 saturated carbocycles.